The molecule has 1 N–H and O–H groups in total. The van der Waals surface area contributed by atoms with Crippen molar-refractivity contribution in [3.8, 4) is 0 Å². The maximum Gasteiger partial charge on any atom is 0.306 e. The molecule has 0 aliphatic carbocycles. The number of halogens is 1. The number of benzene rings is 1. The molecule has 0 saturated carbocycles. The van der Waals surface area contributed by atoms with Gasteiger partial charge in [0.05, 0.1) is 13.5 Å². The van der Waals surface area contributed by atoms with Crippen LogP contribution in [-0.4, -0.2) is 25.4 Å². The third-order valence-corrected chi connectivity index (χ3v) is 4.43. The number of carbonyl (C=O) groups is 1. The van der Waals surface area contributed by atoms with Gasteiger partial charge in [-0.3, -0.25) is 4.79 Å². The van der Waals surface area contributed by atoms with Gasteiger partial charge in [0.1, 0.15) is 0 Å². The van der Waals surface area contributed by atoms with Crippen molar-refractivity contribution in [2.75, 3.05) is 19.4 Å². The molecule has 0 bridgehead atoms. The summed E-state index contributed by atoms with van der Waals surface area (Å²) in [5.41, 5.74) is 1.25. The van der Waals surface area contributed by atoms with E-state index in [1.165, 1.54) is 12.7 Å². The van der Waals surface area contributed by atoms with E-state index < -0.39 is 0 Å². The molecule has 0 spiro atoms. The number of hydrogen-bond donors (Lipinski definition) is 1. The minimum atomic E-state index is -0.163. The van der Waals surface area contributed by atoms with E-state index in [4.69, 9.17) is 0 Å². The molecule has 0 aliphatic heterocycles. The first kappa shape index (κ1) is 16.5. The summed E-state index contributed by atoms with van der Waals surface area (Å²) < 4.78 is 5.72. The predicted octanol–water partition coefficient (Wildman–Crippen LogP) is 3.77. The van der Waals surface area contributed by atoms with Crippen molar-refractivity contribution in [3.05, 3.63) is 28.2 Å². The van der Waals surface area contributed by atoms with E-state index in [1.54, 1.807) is 11.8 Å². The number of rotatable bonds is 7. The van der Waals surface area contributed by atoms with Crippen molar-refractivity contribution in [1.29, 1.82) is 0 Å². The minimum absolute atomic E-state index is 0.163. The van der Waals surface area contributed by atoms with Gasteiger partial charge in [-0.05, 0) is 31.2 Å². The van der Waals surface area contributed by atoms with Crippen LogP contribution in [0.5, 0.6) is 0 Å². The van der Waals surface area contributed by atoms with Crippen molar-refractivity contribution in [2.24, 2.45) is 0 Å². The average Bonchev–Trinajstić information content (AvgIpc) is 2.38. The van der Waals surface area contributed by atoms with E-state index in [9.17, 15) is 4.79 Å². The van der Waals surface area contributed by atoms with E-state index in [2.05, 4.69) is 58.0 Å². The Morgan fingerprint density at radius 1 is 1.53 bits per heavy atom. The summed E-state index contributed by atoms with van der Waals surface area (Å²) in [6.07, 6.45) is 0.439. The normalized spacial score (nSPS) is 12.2. The van der Waals surface area contributed by atoms with Gasteiger partial charge in [-0.1, -0.05) is 28.9 Å². The second kappa shape index (κ2) is 8.61. The van der Waals surface area contributed by atoms with Gasteiger partial charge in [0, 0.05) is 21.2 Å². The van der Waals surface area contributed by atoms with E-state index in [0.717, 1.165) is 21.7 Å². The van der Waals surface area contributed by atoms with Crippen molar-refractivity contribution < 1.29 is 9.53 Å². The molecule has 0 saturated heterocycles. The molecule has 1 atom stereocenters. The summed E-state index contributed by atoms with van der Waals surface area (Å²) in [5, 5.41) is 3.39. The van der Waals surface area contributed by atoms with Crippen LogP contribution in [0.25, 0.3) is 0 Å². The highest BCUT2D eigenvalue weighted by atomic mass is 79.9. The molecule has 0 aromatic heterocycles. The smallest absolute Gasteiger partial charge is 0.306 e. The molecule has 3 nitrogen and oxygen atoms in total. The standard InChI is InChI=1S/C14H20BrNO2S/c1-4-16-10(2)12-6-5-11(9-13(12)15)19-8-7-14(17)18-3/h5-6,9-10,16H,4,7-8H2,1-3H3. The summed E-state index contributed by atoms with van der Waals surface area (Å²) in [5.74, 6) is 0.574. The first-order valence-electron chi connectivity index (χ1n) is 6.31. The van der Waals surface area contributed by atoms with Gasteiger partial charge in [-0.25, -0.2) is 0 Å². The van der Waals surface area contributed by atoms with Gasteiger partial charge >= 0.3 is 5.97 Å². The Kier molecular flexibility index (Phi) is 7.49. The molecular weight excluding hydrogens is 326 g/mol. The average molecular weight is 346 g/mol. The number of carbonyl (C=O) groups excluding carboxylic acids is 1. The fourth-order valence-electron chi connectivity index (χ4n) is 1.72. The predicted molar refractivity (Wildman–Crippen MR) is 83.6 cm³/mol. The summed E-state index contributed by atoms with van der Waals surface area (Å²) in [7, 11) is 1.42. The molecule has 0 aliphatic rings. The van der Waals surface area contributed by atoms with Crippen LogP contribution in [0.1, 0.15) is 31.9 Å². The molecule has 1 aromatic carbocycles. The molecule has 0 amide bonds. The molecule has 19 heavy (non-hydrogen) atoms. The Hall–Kier alpha value is -0.520. The lowest BCUT2D eigenvalue weighted by atomic mass is 10.1. The van der Waals surface area contributed by atoms with Crippen molar-refractivity contribution in [3.63, 3.8) is 0 Å². The highest BCUT2D eigenvalue weighted by Crippen LogP contribution is 2.29. The zero-order valence-corrected chi connectivity index (χ0v) is 13.9. The number of thioether (sulfide) groups is 1. The van der Waals surface area contributed by atoms with Crippen LogP contribution in [-0.2, 0) is 9.53 Å². The Morgan fingerprint density at radius 2 is 2.26 bits per heavy atom. The summed E-state index contributed by atoms with van der Waals surface area (Å²) in [6.45, 7) is 5.19. The third kappa shape index (κ3) is 5.55. The Balaban J connectivity index is 2.59. The molecule has 0 fully saturated rings. The Labute approximate surface area is 127 Å². The van der Waals surface area contributed by atoms with Gasteiger partial charge in [-0.15, -0.1) is 11.8 Å². The molecule has 1 aromatic rings. The van der Waals surface area contributed by atoms with Crippen molar-refractivity contribution >= 4 is 33.7 Å². The number of nitrogens with one attached hydrogen (secondary N) is 1. The lowest BCUT2D eigenvalue weighted by molar-refractivity contribution is -0.140. The molecule has 0 heterocycles. The lowest BCUT2D eigenvalue weighted by Gasteiger charge is -2.15. The SMILES string of the molecule is CCNC(C)c1ccc(SCCC(=O)OC)cc1Br. The van der Waals surface area contributed by atoms with Gasteiger partial charge in [0.2, 0.25) is 0 Å². The second-order valence-corrected chi connectivity index (χ2v) is 6.16. The first-order valence-corrected chi connectivity index (χ1v) is 8.08. The molecular formula is C14H20BrNO2S. The van der Waals surface area contributed by atoms with E-state index in [0.29, 0.717) is 12.5 Å². The molecule has 106 valence electrons. The van der Waals surface area contributed by atoms with Gasteiger partial charge in [0.15, 0.2) is 0 Å². The van der Waals surface area contributed by atoms with Crippen LogP contribution >= 0.6 is 27.7 Å². The van der Waals surface area contributed by atoms with Crippen molar-refractivity contribution in [2.45, 2.75) is 31.2 Å². The third-order valence-electron chi connectivity index (χ3n) is 2.75. The minimum Gasteiger partial charge on any atom is -0.469 e. The van der Waals surface area contributed by atoms with E-state index >= 15 is 0 Å². The number of methoxy groups -OCH3 is 1. The fraction of sp³-hybridized carbons (Fsp3) is 0.500. The van der Waals surface area contributed by atoms with Gasteiger partial charge < -0.3 is 10.1 Å². The van der Waals surface area contributed by atoms with Crippen LogP contribution in [0.15, 0.2) is 27.6 Å². The summed E-state index contributed by atoms with van der Waals surface area (Å²) >= 11 is 5.27. The lowest BCUT2D eigenvalue weighted by Crippen LogP contribution is -2.18. The van der Waals surface area contributed by atoms with Crippen LogP contribution < -0.4 is 5.32 Å². The maximum atomic E-state index is 11.0. The van der Waals surface area contributed by atoms with Gasteiger partial charge in [-0.2, -0.15) is 0 Å². The van der Waals surface area contributed by atoms with E-state index in [-0.39, 0.29) is 5.97 Å². The zero-order valence-electron chi connectivity index (χ0n) is 11.5. The van der Waals surface area contributed by atoms with Crippen LogP contribution in [0.2, 0.25) is 0 Å². The maximum absolute atomic E-state index is 11.0. The fourth-order valence-corrected chi connectivity index (χ4v) is 3.46. The molecule has 0 radical (unpaired) electrons. The topological polar surface area (TPSA) is 38.3 Å². The first-order chi connectivity index (χ1) is 9.08. The summed E-state index contributed by atoms with van der Waals surface area (Å²) in [4.78, 5) is 12.2. The van der Waals surface area contributed by atoms with Crippen LogP contribution in [0.4, 0.5) is 0 Å². The summed E-state index contributed by atoms with van der Waals surface area (Å²) in [6, 6.07) is 6.65. The van der Waals surface area contributed by atoms with Crippen LogP contribution in [0.3, 0.4) is 0 Å². The highest BCUT2D eigenvalue weighted by Gasteiger charge is 2.09. The number of hydrogen-bond acceptors (Lipinski definition) is 4. The van der Waals surface area contributed by atoms with Crippen molar-refractivity contribution in [1.82, 2.24) is 5.32 Å². The number of esters is 1. The quantitative estimate of drug-likeness (QED) is 0.602. The molecule has 1 unspecified atom stereocenters. The van der Waals surface area contributed by atoms with Crippen LogP contribution in [0, 0.1) is 0 Å². The molecule has 1 rings (SSSR count). The highest BCUT2D eigenvalue weighted by molar-refractivity contribution is 9.10. The Bertz CT molecular complexity index is 426. The largest absolute Gasteiger partial charge is 0.469 e. The zero-order chi connectivity index (χ0) is 14.3. The monoisotopic (exact) mass is 345 g/mol. The van der Waals surface area contributed by atoms with Gasteiger partial charge in [0.25, 0.3) is 0 Å². The second-order valence-electron chi connectivity index (χ2n) is 4.14. The molecule has 5 heteroatoms. The number of ether oxygens (including phenoxy) is 1. The Morgan fingerprint density at radius 3 is 2.84 bits per heavy atom. The van der Waals surface area contributed by atoms with E-state index in [1.807, 2.05) is 0 Å².